The summed E-state index contributed by atoms with van der Waals surface area (Å²) in [4.78, 5) is 0. The van der Waals surface area contributed by atoms with Gasteiger partial charge in [0, 0.05) is 0 Å². The van der Waals surface area contributed by atoms with Crippen molar-refractivity contribution in [1.82, 2.24) is 0 Å². The standard InChI is InChI=1S/C9H10BF3O/c1-10(2)7-5-3-4-6-8(7)14-9(11,12)13/h3-6H,1-2H3. The predicted octanol–water partition coefficient (Wildman–Crippen LogP) is 2.55. The lowest BCUT2D eigenvalue weighted by molar-refractivity contribution is -0.274. The van der Waals surface area contributed by atoms with E-state index in [0.717, 1.165) is 0 Å². The molecule has 0 fully saturated rings. The van der Waals surface area contributed by atoms with Gasteiger partial charge in [0.1, 0.15) is 5.75 Å². The molecule has 1 aromatic rings. The maximum atomic E-state index is 12.0. The van der Waals surface area contributed by atoms with E-state index >= 15 is 0 Å². The number of para-hydroxylation sites is 1. The predicted molar refractivity (Wildman–Crippen MR) is 50.2 cm³/mol. The summed E-state index contributed by atoms with van der Waals surface area (Å²) in [5.74, 6) is -0.116. The van der Waals surface area contributed by atoms with Gasteiger partial charge in [-0.1, -0.05) is 31.8 Å². The Morgan fingerprint density at radius 1 is 1.14 bits per heavy atom. The summed E-state index contributed by atoms with van der Waals surface area (Å²) in [6.07, 6.45) is -4.62. The first kappa shape index (κ1) is 11.0. The summed E-state index contributed by atoms with van der Waals surface area (Å²) in [6.45, 7) is 3.64. The molecule has 1 rings (SSSR count). The summed E-state index contributed by atoms with van der Waals surface area (Å²) in [5.41, 5.74) is 0.560. The van der Waals surface area contributed by atoms with Crippen LogP contribution in [0.4, 0.5) is 13.2 Å². The van der Waals surface area contributed by atoms with Crippen LogP contribution in [0.3, 0.4) is 0 Å². The van der Waals surface area contributed by atoms with Gasteiger partial charge in [0.2, 0.25) is 0 Å². The van der Waals surface area contributed by atoms with Gasteiger partial charge in [0.15, 0.2) is 6.71 Å². The van der Waals surface area contributed by atoms with Crippen LogP contribution < -0.4 is 10.2 Å². The Labute approximate surface area is 81.0 Å². The number of alkyl halides is 3. The minimum absolute atomic E-state index is 0.00792. The Morgan fingerprint density at radius 2 is 1.71 bits per heavy atom. The zero-order valence-electron chi connectivity index (χ0n) is 7.93. The first-order valence-electron chi connectivity index (χ1n) is 4.25. The van der Waals surface area contributed by atoms with Crippen molar-refractivity contribution in [3.63, 3.8) is 0 Å². The average Bonchev–Trinajstić information content (AvgIpc) is 2.01. The van der Waals surface area contributed by atoms with Crippen LogP contribution in [0.2, 0.25) is 13.6 Å². The number of hydrogen-bond donors (Lipinski definition) is 0. The largest absolute Gasteiger partial charge is 0.573 e. The third-order valence-corrected chi connectivity index (χ3v) is 1.77. The van der Waals surface area contributed by atoms with Gasteiger partial charge in [-0.25, -0.2) is 0 Å². The van der Waals surface area contributed by atoms with Crippen LogP contribution in [0, 0.1) is 0 Å². The van der Waals surface area contributed by atoms with Crippen molar-refractivity contribution < 1.29 is 17.9 Å². The smallest absolute Gasteiger partial charge is 0.406 e. The molecule has 0 N–H and O–H groups in total. The van der Waals surface area contributed by atoms with Crippen molar-refractivity contribution in [3.8, 4) is 5.75 Å². The fourth-order valence-electron chi connectivity index (χ4n) is 1.18. The van der Waals surface area contributed by atoms with Gasteiger partial charge >= 0.3 is 6.36 Å². The highest BCUT2D eigenvalue weighted by Gasteiger charge is 2.32. The molecule has 1 nitrogen and oxygen atoms in total. The SMILES string of the molecule is CB(C)c1ccccc1OC(F)(F)F. The monoisotopic (exact) mass is 202 g/mol. The molecule has 0 bridgehead atoms. The molecule has 0 aliphatic carbocycles. The second-order valence-corrected chi connectivity index (χ2v) is 3.24. The van der Waals surface area contributed by atoms with Crippen LogP contribution >= 0.6 is 0 Å². The lowest BCUT2D eigenvalue weighted by atomic mass is 9.49. The molecule has 0 unspecified atom stereocenters. The highest BCUT2D eigenvalue weighted by atomic mass is 19.4. The van der Waals surface area contributed by atoms with E-state index in [2.05, 4.69) is 4.74 Å². The number of benzene rings is 1. The summed E-state index contributed by atoms with van der Waals surface area (Å²) >= 11 is 0. The molecule has 0 aliphatic rings. The third-order valence-electron chi connectivity index (χ3n) is 1.77. The van der Waals surface area contributed by atoms with Crippen molar-refractivity contribution in [2.24, 2.45) is 0 Å². The molecule has 0 amide bonds. The van der Waals surface area contributed by atoms with Gasteiger partial charge in [-0.3, -0.25) is 0 Å². The fraction of sp³-hybridized carbons (Fsp3) is 0.333. The summed E-state index contributed by atoms with van der Waals surface area (Å²) in [5, 5.41) is 0. The number of rotatable bonds is 2. The first-order chi connectivity index (χ1) is 6.40. The van der Waals surface area contributed by atoms with Gasteiger partial charge in [-0.15, -0.1) is 13.2 Å². The van der Waals surface area contributed by atoms with E-state index in [9.17, 15) is 13.2 Å². The summed E-state index contributed by atoms with van der Waals surface area (Å²) in [6, 6.07) is 6.17. The van der Waals surface area contributed by atoms with Crippen LogP contribution in [0.25, 0.3) is 0 Å². The molecule has 0 aromatic heterocycles. The van der Waals surface area contributed by atoms with Crippen LogP contribution in [0.1, 0.15) is 0 Å². The van der Waals surface area contributed by atoms with Crippen LogP contribution in [0.15, 0.2) is 24.3 Å². The molecule has 76 valence electrons. The summed E-state index contributed by atoms with van der Waals surface area (Å²) in [7, 11) is 0. The van der Waals surface area contributed by atoms with E-state index < -0.39 is 6.36 Å². The van der Waals surface area contributed by atoms with Crippen LogP contribution in [-0.2, 0) is 0 Å². The molecule has 5 heteroatoms. The number of ether oxygens (including phenoxy) is 1. The van der Waals surface area contributed by atoms with E-state index in [0.29, 0.717) is 5.46 Å². The molecule has 0 heterocycles. The van der Waals surface area contributed by atoms with E-state index in [1.807, 2.05) is 13.6 Å². The van der Waals surface area contributed by atoms with Crippen molar-refractivity contribution >= 4 is 12.2 Å². The zero-order chi connectivity index (χ0) is 10.8. The minimum atomic E-state index is -4.62. The van der Waals surface area contributed by atoms with Gasteiger partial charge < -0.3 is 4.74 Å². The van der Waals surface area contributed by atoms with E-state index in [1.165, 1.54) is 12.1 Å². The highest BCUT2D eigenvalue weighted by molar-refractivity contribution is 6.71. The molecular formula is C9H10BF3O. The maximum Gasteiger partial charge on any atom is 0.573 e. The van der Waals surface area contributed by atoms with Gasteiger partial charge in [0.05, 0.1) is 0 Å². The Morgan fingerprint density at radius 3 is 2.21 bits per heavy atom. The van der Waals surface area contributed by atoms with Gasteiger partial charge in [-0.05, 0) is 11.5 Å². The zero-order valence-corrected chi connectivity index (χ0v) is 7.93. The molecule has 0 spiro atoms. The first-order valence-corrected chi connectivity index (χ1v) is 4.25. The Bertz CT molecular complexity index is 309. The second kappa shape index (κ2) is 3.94. The van der Waals surface area contributed by atoms with E-state index in [4.69, 9.17) is 0 Å². The molecule has 0 aliphatic heterocycles. The van der Waals surface area contributed by atoms with Crippen molar-refractivity contribution in [2.75, 3.05) is 0 Å². The lowest BCUT2D eigenvalue weighted by Gasteiger charge is -2.13. The topological polar surface area (TPSA) is 9.23 Å². The Hall–Kier alpha value is -1.13. The van der Waals surface area contributed by atoms with E-state index in [1.54, 1.807) is 12.1 Å². The minimum Gasteiger partial charge on any atom is -0.406 e. The quantitative estimate of drug-likeness (QED) is 0.669. The van der Waals surface area contributed by atoms with Gasteiger partial charge in [0.25, 0.3) is 0 Å². The maximum absolute atomic E-state index is 12.0. The summed E-state index contributed by atoms with van der Waals surface area (Å²) < 4.78 is 39.8. The Balaban J connectivity index is 2.96. The van der Waals surface area contributed by atoms with E-state index in [-0.39, 0.29) is 12.5 Å². The fourth-order valence-corrected chi connectivity index (χ4v) is 1.18. The lowest BCUT2D eigenvalue weighted by Crippen LogP contribution is -2.28. The van der Waals surface area contributed by atoms with Crippen molar-refractivity contribution in [2.45, 2.75) is 20.0 Å². The second-order valence-electron chi connectivity index (χ2n) is 3.24. The molecule has 0 radical (unpaired) electrons. The van der Waals surface area contributed by atoms with Crippen LogP contribution in [-0.4, -0.2) is 13.1 Å². The molecule has 14 heavy (non-hydrogen) atoms. The number of hydrogen-bond acceptors (Lipinski definition) is 1. The number of halogens is 3. The average molecular weight is 202 g/mol. The highest BCUT2D eigenvalue weighted by Crippen LogP contribution is 2.21. The molecule has 1 aromatic carbocycles. The third kappa shape index (κ3) is 2.98. The molecule has 0 saturated heterocycles. The molecular weight excluding hydrogens is 192 g/mol. The van der Waals surface area contributed by atoms with Crippen molar-refractivity contribution in [1.29, 1.82) is 0 Å². The Kier molecular flexibility index (Phi) is 3.08. The van der Waals surface area contributed by atoms with Crippen molar-refractivity contribution in [3.05, 3.63) is 24.3 Å². The molecule has 0 saturated carbocycles. The molecule has 0 atom stereocenters. The van der Waals surface area contributed by atoms with Gasteiger partial charge in [-0.2, -0.15) is 0 Å². The van der Waals surface area contributed by atoms with Crippen LogP contribution in [0.5, 0.6) is 5.75 Å². The normalized spacial score (nSPS) is 11.2.